The molecule has 1 spiro atoms. The molecule has 24 heavy (non-hydrogen) atoms. The Labute approximate surface area is 148 Å². The maximum absolute atomic E-state index is 13.0. The first kappa shape index (κ1) is 15.6. The second-order valence-electron chi connectivity index (χ2n) is 6.87. The van der Waals surface area contributed by atoms with Crippen molar-refractivity contribution in [2.75, 3.05) is 19.6 Å². The molecule has 4 rings (SSSR count). The molecule has 126 valence electrons. The van der Waals surface area contributed by atoms with Crippen LogP contribution in [0.3, 0.4) is 0 Å². The molecule has 2 saturated heterocycles. The van der Waals surface area contributed by atoms with Gasteiger partial charge < -0.3 is 10.2 Å². The Morgan fingerprint density at radius 1 is 1.33 bits per heavy atom. The molecule has 4 heterocycles. The van der Waals surface area contributed by atoms with Gasteiger partial charge in [0, 0.05) is 36.7 Å². The van der Waals surface area contributed by atoms with Gasteiger partial charge in [0.1, 0.15) is 11.3 Å². The number of amides is 2. The molecular formula is C17H19BrN4O2. The van der Waals surface area contributed by atoms with E-state index in [9.17, 15) is 9.59 Å². The van der Waals surface area contributed by atoms with E-state index in [1.54, 1.807) is 0 Å². The van der Waals surface area contributed by atoms with E-state index < -0.39 is 0 Å². The van der Waals surface area contributed by atoms with Gasteiger partial charge in [-0.25, -0.2) is 4.98 Å². The van der Waals surface area contributed by atoms with Crippen LogP contribution in [0.4, 0.5) is 0 Å². The van der Waals surface area contributed by atoms with Crippen LogP contribution in [0.25, 0.3) is 5.65 Å². The Morgan fingerprint density at radius 2 is 2.08 bits per heavy atom. The van der Waals surface area contributed by atoms with E-state index in [4.69, 9.17) is 0 Å². The van der Waals surface area contributed by atoms with Gasteiger partial charge in [0.15, 0.2) is 0 Å². The highest BCUT2D eigenvalue weighted by atomic mass is 79.9. The van der Waals surface area contributed by atoms with E-state index in [0.717, 1.165) is 35.2 Å². The Kier molecular flexibility index (Phi) is 3.63. The average Bonchev–Trinajstić information content (AvgIpc) is 3.07. The van der Waals surface area contributed by atoms with E-state index >= 15 is 0 Å². The molecule has 0 saturated carbocycles. The highest BCUT2D eigenvalue weighted by molar-refractivity contribution is 9.10. The minimum Gasteiger partial charge on any atom is -0.356 e. The van der Waals surface area contributed by atoms with Crippen LogP contribution < -0.4 is 5.32 Å². The first-order chi connectivity index (χ1) is 11.5. The van der Waals surface area contributed by atoms with Gasteiger partial charge in [-0.1, -0.05) is 0 Å². The Bertz CT molecular complexity index is 836. The van der Waals surface area contributed by atoms with Crippen LogP contribution in [-0.4, -0.2) is 45.7 Å². The summed E-state index contributed by atoms with van der Waals surface area (Å²) in [6.07, 6.45) is 4.22. The van der Waals surface area contributed by atoms with Crippen molar-refractivity contribution in [1.82, 2.24) is 19.6 Å². The SMILES string of the molecule is Cc1nc2ccc(Br)cn2c1C(=O)N1CCC2(CC1)CNC(=O)C2. The molecule has 2 fully saturated rings. The molecule has 1 N–H and O–H groups in total. The zero-order valence-corrected chi connectivity index (χ0v) is 15.1. The zero-order valence-electron chi connectivity index (χ0n) is 13.5. The zero-order chi connectivity index (χ0) is 16.9. The van der Waals surface area contributed by atoms with Gasteiger partial charge in [-0.2, -0.15) is 0 Å². The summed E-state index contributed by atoms with van der Waals surface area (Å²) in [5.41, 5.74) is 2.20. The van der Waals surface area contributed by atoms with Gasteiger partial charge in [0.25, 0.3) is 5.91 Å². The van der Waals surface area contributed by atoms with Crippen molar-refractivity contribution in [3.8, 4) is 0 Å². The maximum atomic E-state index is 13.0. The van der Waals surface area contributed by atoms with Crippen LogP contribution in [0.2, 0.25) is 0 Å². The lowest BCUT2D eigenvalue weighted by Crippen LogP contribution is -2.44. The molecule has 0 radical (unpaired) electrons. The Morgan fingerprint density at radius 3 is 2.75 bits per heavy atom. The van der Waals surface area contributed by atoms with Gasteiger partial charge in [0.2, 0.25) is 5.91 Å². The summed E-state index contributed by atoms with van der Waals surface area (Å²) in [7, 11) is 0. The first-order valence-electron chi connectivity index (χ1n) is 8.18. The molecule has 2 aromatic rings. The number of imidazole rings is 1. The Balaban J connectivity index is 1.58. The van der Waals surface area contributed by atoms with Crippen molar-refractivity contribution in [3.63, 3.8) is 0 Å². The van der Waals surface area contributed by atoms with Crippen LogP contribution in [0.15, 0.2) is 22.8 Å². The summed E-state index contributed by atoms with van der Waals surface area (Å²) in [5.74, 6) is 0.155. The number of aromatic nitrogens is 2. The van der Waals surface area contributed by atoms with Crippen molar-refractivity contribution >= 4 is 33.4 Å². The number of halogens is 1. The van der Waals surface area contributed by atoms with Gasteiger partial charge >= 0.3 is 0 Å². The second-order valence-corrected chi connectivity index (χ2v) is 7.78. The summed E-state index contributed by atoms with van der Waals surface area (Å²) in [4.78, 5) is 31.0. The third-order valence-corrected chi connectivity index (χ3v) is 5.74. The fourth-order valence-electron chi connectivity index (χ4n) is 3.83. The number of pyridine rings is 1. The van der Waals surface area contributed by atoms with Crippen LogP contribution in [0.1, 0.15) is 35.4 Å². The smallest absolute Gasteiger partial charge is 0.272 e. The van der Waals surface area contributed by atoms with Gasteiger partial charge in [-0.15, -0.1) is 0 Å². The Hall–Kier alpha value is -1.89. The number of carbonyl (C=O) groups is 2. The first-order valence-corrected chi connectivity index (χ1v) is 8.97. The van der Waals surface area contributed by atoms with E-state index in [-0.39, 0.29) is 17.2 Å². The number of nitrogens with one attached hydrogen (secondary N) is 1. The molecule has 0 unspecified atom stereocenters. The predicted molar refractivity (Wildman–Crippen MR) is 92.8 cm³/mol. The lowest BCUT2D eigenvalue weighted by atomic mass is 9.77. The maximum Gasteiger partial charge on any atom is 0.272 e. The highest BCUT2D eigenvalue weighted by Crippen LogP contribution is 2.37. The second kappa shape index (κ2) is 5.58. The van der Waals surface area contributed by atoms with Gasteiger partial charge in [0.05, 0.1) is 5.69 Å². The third kappa shape index (κ3) is 2.51. The summed E-state index contributed by atoms with van der Waals surface area (Å²) in [6.45, 7) is 4.00. The number of aryl methyl sites for hydroxylation is 1. The molecule has 2 amide bonds. The van der Waals surface area contributed by atoms with Crippen molar-refractivity contribution in [2.24, 2.45) is 5.41 Å². The fraction of sp³-hybridized carbons (Fsp3) is 0.471. The number of hydrogen-bond acceptors (Lipinski definition) is 3. The number of carbonyl (C=O) groups excluding carboxylic acids is 2. The standard InChI is InChI=1S/C17H19BrN4O2/c1-11-15(22-9-12(18)2-3-13(22)20-11)16(24)21-6-4-17(5-7-21)8-14(23)19-10-17/h2-3,9H,4-8,10H2,1H3,(H,19,23). The number of hydrogen-bond donors (Lipinski definition) is 1. The summed E-state index contributed by atoms with van der Waals surface area (Å²) >= 11 is 3.45. The molecule has 0 aliphatic carbocycles. The molecule has 2 aliphatic rings. The molecule has 2 aromatic heterocycles. The molecule has 0 aromatic carbocycles. The number of nitrogens with zero attached hydrogens (tertiary/aromatic N) is 3. The minimum absolute atomic E-state index is 0.0187. The van der Waals surface area contributed by atoms with E-state index in [1.807, 2.05) is 34.6 Å². The summed E-state index contributed by atoms with van der Waals surface area (Å²) in [5, 5.41) is 2.93. The van der Waals surface area contributed by atoms with Crippen molar-refractivity contribution in [1.29, 1.82) is 0 Å². The van der Waals surface area contributed by atoms with Crippen LogP contribution in [-0.2, 0) is 4.79 Å². The van der Waals surface area contributed by atoms with E-state index in [1.165, 1.54) is 0 Å². The third-order valence-electron chi connectivity index (χ3n) is 5.27. The molecule has 0 bridgehead atoms. The fourth-order valence-corrected chi connectivity index (χ4v) is 4.17. The quantitative estimate of drug-likeness (QED) is 0.810. The van der Waals surface area contributed by atoms with Crippen LogP contribution >= 0.6 is 15.9 Å². The monoisotopic (exact) mass is 390 g/mol. The average molecular weight is 391 g/mol. The number of rotatable bonds is 1. The number of fused-ring (bicyclic) bond motifs is 1. The number of likely N-dealkylation sites (tertiary alicyclic amines) is 1. The predicted octanol–water partition coefficient (Wildman–Crippen LogP) is 2.15. The van der Waals surface area contributed by atoms with Gasteiger partial charge in [-0.05, 0) is 53.2 Å². The van der Waals surface area contributed by atoms with Gasteiger partial charge in [-0.3, -0.25) is 14.0 Å². The molecule has 6 nitrogen and oxygen atoms in total. The topological polar surface area (TPSA) is 66.7 Å². The molecule has 7 heteroatoms. The van der Waals surface area contributed by atoms with Crippen molar-refractivity contribution in [3.05, 3.63) is 34.2 Å². The lowest BCUT2D eigenvalue weighted by Gasteiger charge is -2.38. The molecular weight excluding hydrogens is 372 g/mol. The lowest BCUT2D eigenvalue weighted by molar-refractivity contribution is -0.119. The molecule has 0 atom stereocenters. The van der Waals surface area contributed by atoms with E-state index in [2.05, 4.69) is 26.2 Å². The van der Waals surface area contributed by atoms with Crippen LogP contribution in [0.5, 0.6) is 0 Å². The van der Waals surface area contributed by atoms with Crippen molar-refractivity contribution < 1.29 is 9.59 Å². The molecule has 2 aliphatic heterocycles. The number of piperidine rings is 1. The van der Waals surface area contributed by atoms with E-state index in [0.29, 0.717) is 25.2 Å². The normalized spacial score (nSPS) is 19.9. The summed E-state index contributed by atoms with van der Waals surface area (Å²) < 4.78 is 2.77. The highest BCUT2D eigenvalue weighted by Gasteiger charge is 2.42. The van der Waals surface area contributed by atoms with Crippen molar-refractivity contribution in [2.45, 2.75) is 26.2 Å². The summed E-state index contributed by atoms with van der Waals surface area (Å²) in [6, 6.07) is 3.82. The minimum atomic E-state index is 0.0187. The van der Waals surface area contributed by atoms with Crippen LogP contribution in [0, 0.1) is 12.3 Å². The largest absolute Gasteiger partial charge is 0.356 e.